The summed E-state index contributed by atoms with van der Waals surface area (Å²) in [4.78, 5) is 0. The first-order valence-electron chi connectivity index (χ1n) is 5.40. The molecule has 0 bridgehead atoms. The van der Waals surface area contributed by atoms with Gasteiger partial charge in [-0.3, -0.25) is 0 Å². The fourth-order valence-corrected chi connectivity index (χ4v) is 1.89. The highest BCUT2D eigenvalue weighted by Crippen LogP contribution is 2.25. The van der Waals surface area contributed by atoms with Gasteiger partial charge in [-0.1, -0.05) is 17.7 Å². The highest BCUT2D eigenvalue weighted by molar-refractivity contribution is 5.43. The van der Waals surface area contributed by atoms with E-state index in [1.165, 1.54) is 11.1 Å². The van der Waals surface area contributed by atoms with Crippen LogP contribution in [0, 0.1) is 25.2 Å². The van der Waals surface area contributed by atoms with Crippen LogP contribution in [0.15, 0.2) is 12.1 Å². The molecule has 0 aliphatic rings. The molecule has 0 atom stereocenters. The first-order valence-corrected chi connectivity index (χ1v) is 5.40. The molecule has 0 aliphatic heterocycles. The van der Waals surface area contributed by atoms with E-state index in [0.29, 0.717) is 6.54 Å². The van der Waals surface area contributed by atoms with Crippen LogP contribution in [0.2, 0.25) is 0 Å². The molecule has 1 aromatic carbocycles. The largest absolute Gasteiger partial charge is 0.496 e. The Morgan fingerprint density at radius 3 is 2.75 bits per heavy atom. The van der Waals surface area contributed by atoms with Crippen molar-refractivity contribution in [2.45, 2.75) is 20.3 Å². The highest BCUT2D eigenvalue weighted by atomic mass is 16.5. The Kier molecular flexibility index (Phi) is 4.81. The van der Waals surface area contributed by atoms with Gasteiger partial charge >= 0.3 is 0 Å². The smallest absolute Gasteiger partial charge is 0.125 e. The van der Waals surface area contributed by atoms with Gasteiger partial charge < -0.3 is 10.1 Å². The Hall–Kier alpha value is -1.53. The van der Waals surface area contributed by atoms with Crippen molar-refractivity contribution in [3.05, 3.63) is 28.8 Å². The van der Waals surface area contributed by atoms with Crippen LogP contribution in [0.3, 0.4) is 0 Å². The quantitative estimate of drug-likeness (QED) is 0.607. The van der Waals surface area contributed by atoms with Gasteiger partial charge in [-0.25, -0.2) is 0 Å². The normalized spacial score (nSPS) is 9.88. The van der Waals surface area contributed by atoms with Gasteiger partial charge in [0.1, 0.15) is 5.75 Å². The Morgan fingerprint density at radius 1 is 1.38 bits per heavy atom. The van der Waals surface area contributed by atoms with Gasteiger partial charge in [0.05, 0.1) is 19.7 Å². The molecule has 1 N–H and O–H groups in total. The molecule has 0 unspecified atom stereocenters. The number of hydrogen-bond donors (Lipinski definition) is 1. The summed E-state index contributed by atoms with van der Waals surface area (Å²) in [7, 11) is 1.70. The van der Waals surface area contributed by atoms with Gasteiger partial charge in [-0.15, -0.1) is 0 Å². The molecule has 1 rings (SSSR count). The van der Waals surface area contributed by atoms with E-state index in [4.69, 9.17) is 10.00 Å². The van der Waals surface area contributed by atoms with E-state index in [2.05, 4.69) is 37.4 Å². The van der Waals surface area contributed by atoms with Gasteiger partial charge in [-0.2, -0.15) is 5.26 Å². The average Bonchev–Trinajstić information content (AvgIpc) is 2.24. The molecule has 0 saturated heterocycles. The summed E-state index contributed by atoms with van der Waals surface area (Å²) >= 11 is 0. The zero-order chi connectivity index (χ0) is 12.0. The summed E-state index contributed by atoms with van der Waals surface area (Å²) in [6.07, 6.45) is 0.882. The Labute approximate surface area is 97.0 Å². The second kappa shape index (κ2) is 6.14. The lowest BCUT2D eigenvalue weighted by Gasteiger charge is -2.12. The van der Waals surface area contributed by atoms with Crippen LogP contribution in [-0.2, 0) is 6.42 Å². The molecule has 16 heavy (non-hydrogen) atoms. The lowest BCUT2D eigenvalue weighted by molar-refractivity contribution is 0.406. The van der Waals surface area contributed by atoms with Crippen molar-refractivity contribution in [2.24, 2.45) is 0 Å². The van der Waals surface area contributed by atoms with Crippen LogP contribution >= 0.6 is 0 Å². The second-order valence-electron chi connectivity index (χ2n) is 3.86. The molecule has 0 amide bonds. The highest BCUT2D eigenvalue weighted by Gasteiger charge is 2.06. The van der Waals surface area contributed by atoms with Gasteiger partial charge in [0, 0.05) is 6.54 Å². The van der Waals surface area contributed by atoms with Crippen LogP contribution < -0.4 is 10.1 Å². The summed E-state index contributed by atoms with van der Waals surface area (Å²) in [5.41, 5.74) is 3.61. The van der Waals surface area contributed by atoms with E-state index in [9.17, 15) is 0 Å². The third-order valence-electron chi connectivity index (χ3n) is 2.48. The van der Waals surface area contributed by atoms with Crippen LogP contribution in [-0.4, -0.2) is 20.2 Å². The zero-order valence-corrected chi connectivity index (χ0v) is 10.1. The lowest BCUT2D eigenvalue weighted by Crippen LogP contribution is -2.17. The van der Waals surface area contributed by atoms with Gasteiger partial charge in [0.15, 0.2) is 0 Å². The van der Waals surface area contributed by atoms with Crippen LogP contribution in [0.1, 0.15) is 16.7 Å². The first kappa shape index (κ1) is 12.5. The van der Waals surface area contributed by atoms with E-state index in [1.54, 1.807) is 7.11 Å². The first-order chi connectivity index (χ1) is 7.69. The Bertz CT molecular complexity index is 394. The monoisotopic (exact) mass is 218 g/mol. The molecule has 0 radical (unpaired) electrons. The van der Waals surface area contributed by atoms with Crippen molar-refractivity contribution in [2.75, 3.05) is 20.2 Å². The van der Waals surface area contributed by atoms with Crippen molar-refractivity contribution in [3.8, 4) is 11.8 Å². The predicted octanol–water partition coefficient (Wildman–Crippen LogP) is 1.97. The molecule has 3 heteroatoms. The molecule has 0 heterocycles. The number of benzene rings is 1. The standard InChI is InChI=1S/C13H18N2O/c1-10-8-11(2)13(16-3)12(9-10)4-6-15-7-5-14/h8-9,15H,4,6-7H2,1-3H3. The number of rotatable bonds is 5. The van der Waals surface area contributed by atoms with E-state index >= 15 is 0 Å². The number of methoxy groups -OCH3 is 1. The lowest BCUT2D eigenvalue weighted by atomic mass is 10.0. The van der Waals surface area contributed by atoms with Crippen molar-refractivity contribution in [3.63, 3.8) is 0 Å². The topological polar surface area (TPSA) is 45.0 Å². The molecule has 86 valence electrons. The maximum Gasteiger partial charge on any atom is 0.125 e. The maximum absolute atomic E-state index is 8.42. The third-order valence-corrected chi connectivity index (χ3v) is 2.48. The van der Waals surface area contributed by atoms with Crippen LogP contribution in [0.25, 0.3) is 0 Å². The van der Waals surface area contributed by atoms with E-state index in [-0.39, 0.29) is 0 Å². The number of hydrogen-bond acceptors (Lipinski definition) is 3. The fraction of sp³-hybridized carbons (Fsp3) is 0.462. The van der Waals surface area contributed by atoms with Crippen LogP contribution in [0.5, 0.6) is 5.75 Å². The summed E-state index contributed by atoms with van der Waals surface area (Å²) in [6.45, 7) is 5.33. The third kappa shape index (κ3) is 3.25. The second-order valence-corrected chi connectivity index (χ2v) is 3.86. The minimum atomic E-state index is 0.396. The van der Waals surface area contributed by atoms with Gasteiger partial charge in [0.2, 0.25) is 0 Å². The molecular weight excluding hydrogens is 200 g/mol. The molecule has 0 saturated carbocycles. The van der Waals surface area contributed by atoms with Gasteiger partial charge in [-0.05, 0) is 31.4 Å². The maximum atomic E-state index is 8.42. The minimum absolute atomic E-state index is 0.396. The van der Waals surface area contributed by atoms with Crippen molar-refractivity contribution < 1.29 is 4.74 Å². The molecular formula is C13H18N2O. The zero-order valence-electron chi connectivity index (χ0n) is 10.1. The number of nitrogens with zero attached hydrogens (tertiary/aromatic N) is 1. The molecule has 0 spiro atoms. The molecule has 3 nitrogen and oxygen atoms in total. The van der Waals surface area contributed by atoms with Crippen molar-refractivity contribution in [1.82, 2.24) is 5.32 Å². The molecule has 0 fully saturated rings. The number of nitrogens with one attached hydrogen (secondary N) is 1. The van der Waals surface area contributed by atoms with Crippen molar-refractivity contribution in [1.29, 1.82) is 5.26 Å². The number of aryl methyl sites for hydroxylation is 2. The SMILES string of the molecule is COc1c(C)cc(C)cc1CCNCC#N. The predicted molar refractivity (Wildman–Crippen MR) is 64.7 cm³/mol. The summed E-state index contributed by atoms with van der Waals surface area (Å²) in [6, 6.07) is 6.32. The summed E-state index contributed by atoms with van der Waals surface area (Å²) in [5.74, 6) is 0.962. The van der Waals surface area contributed by atoms with Crippen LogP contribution in [0.4, 0.5) is 0 Å². The number of ether oxygens (including phenoxy) is 1. The van der Waals surface area contributed by atoms with E-state index < -0.39 is 0 Å². The Balaban J connectivity index is 2.74. The van der Waals surface area contributed by atoms with E-state index in [1.807, 2.05) is 0 Å². The van der Waals surface area contributed by atoms with E-state index in [0.717, 1.165) is 24.3 Å². The number of nitriles is 1. The molecule has 1 aromatic rings. The molecule has 0 aliphatic carbocycles. The summed E-state index contributed by atoms with van der Waals surface area (Å²) in [5, 5.41) is 11.5. The van der Waals surface area contributed by atoms with Crippen molar-refractivity contribution >= 4 is 0 Å². The van der Waals surface area contributed by atoms with Gasteiger partial charge in [0.25, 0.3) is 0 Å². The minimum Gasteiger partial charge on any atom is -0.496 e. The Morgan fingerprint density at radius 2 is 2.12 bits per heavy atom. The fourth-order valence-electron chi connectivity index (χ4n) is 1.89. The average molecular weight is 218 g/mol. The molecule has 0 aromatic heterocycles. The summed E-state index contributed by atoms with van der Waals surface area (Å²) < 4.78 is 5.40.